The van der Waals surface area contributed by atoms with Crippen molar-refractivity contribution in [3.8, 4) is 0 Å². The number of benzene rings is 2. The minimum Gasteiger partial charge on any atom is -0.378 e. The molecule has 0 saturated heterocycles. The number of aromatic nitrogens is 2. The number of nitrogens with one attached hydrogen (secondary N) is 1. The summed E-state index contributed by atoms with van der Waals surface area (Å²) in [5, 5.41) is 3.16. The zero-order chi connectivity index (χ0) is 20.1. The standard InChI is InChI=1S/C22H25N5O/c1-5-27(19-8-6-7-16(2)15-19)21(28)20-13-14-23-22(25-20)24-17-9-11-18(12-10-17)26(3)4/h6-15H,5H2,1-4H3,(H,23,24,25). The van der Waals surface area contributed by atoms with Crippen molar-refractivity contribution in [2.75, 3.05) is 35.8 Å². The van der Waals surface area contributed by atoms with Gasteiger partial charge in [0.25, 0.3) is 5.91 Å². The van der Waals surface area contributed by atoms with Crippen molar-refractivity contribution in [1.82, 2.24) is 9.97 Å². The maximum atomic E-state index is 13.0. The Kier molecular flexibility index (Phi) is 5.89. The van der Waals surface area contributed by atoms with Crippen LogP contribution in [-0.4, -0.2) is 36.5 Å². The first-order valence-electron chi connectivity index (χ1n) is 9.24. The molecule has 3 aromatic rings. The van der Waals surface area contributed by atoms with Crippen LogP contribution < -0.4 is 15.1 Å². The second-order valence-electron chi connectivity index (χ2n) is 6.72. The quantitative estimate of drug-likeness (QED) is 0.697. The lowest BCUT2D eigenvalue weighted by atomic mass is 10.2. The van der Waals surface area contributed by atoms with Crippen LogP contribution in [0.1, 0.15) is 23.0 Å². The first-order chi connectivity index (χ1) is 13.5. The highest BCUT2D eigenvalue weighted by atomic mass is 16.2. The fourth-order valence-corrected chi connectivity index (χ4v) is 2.89. The molecular weight excluding hydrogens is 350 g/mol. The van der Waals surface area contributed by atoms with Crippen LogP contribution in [0, 0.1) is 6.92 Å². The predicted octanol–water partition coefficient (Wildman–Crippen LogP) is 4.26. The highest BCUT2D eigenvalue weighted by Gasteiger charge is 2.18. The van der Waals surface area contributed by atoms with Crippen LogP contribution in [-0.2, 0) is 0 Å². The third-order valence-corrected chi connectivity index (χ3v) is 4.39. The molecular formula is C22H25N5O. The zero-order valence-corrected chi connectivity index (χ0v) is 16.7. The van der Waals surface area contributed by atoms with Gasteiger partial charge in [0.05, 0.1) is 0 Å². The third kappa shape index (κ3) is 4.46. The van der Waals surface area contributed by atoms with Gasteiger partial charge in [-0.2, -0.15) is 0 Å². The van der Waals surface area contributed by atoms with E-state index < -0.39 is 0 Å². The summed E-state index contributed by atoms with van der Waals surface area (Å²) in [6.07, 6.45) is 1.60. The molecule has 0 bridgehead atoms. The zero-order valence-electron chi connectivity index (χ0n) is 16.7. The molecule has 0 radical (unpaired) electrons. The summed E-state index contributed by atoms with van der Waals surface area (Å²) >= 11 is 0. The van der Waals surface area contributed by atoms with Gasteiger partial charge in [0.1, 0.15) is 5.69 Å². The molecule has 0 unspecified atom stereocenters. The molecule has 1 amide bonds. The van der Waals surface area contributed by atoms with Crippen molar-refractivity contribution in [1.29, 1.82) is 0 Å². The van der Waals surface area contributed by atoms with Crippen molar-refractivity contribution < 1.29 is 4.79 Å². The van der Waals surface area contributed by atoms with E-state index in [1.807, 2.05) is 81.4 Å². The van der Waals surface area contributed by atoms with Gasteiger partial charge in [0.2, 0.25) is 5.95 Å². The molecule has 1 heterocycles. The summed E-state index contributed by atoms with van der Waals surface area (Å²) in [4.78, 5) is 25.4. The number of aryl methyl sites for hydroxylation is 1. The lowest BCUT2D eigenvalue weighted by molar-refractivity contribution is 0.0983. The summed E-state index contributed by atoms with van der Waals surface area (Å²) in [6, 6.07) is 17.5. The molecule has 0 fully saturated rings. The first kappa shape index (κ1) is 19.4. The lowest BCUT2D eigenvalue weighted by Gasteiger charge is -2.21. The highest BCUT2D eigenvalue weighted by molar-refractivity contribution is 6.04. The maximum Gasteiger partial charge on any atom is 0.277 e. The average Bonchev–Trinajstić information content (AvgIpc) is 2.69. The van der Waals surface area contributed by atoms with Gasteiger partial charge in [-0.15, -0.1) is 0 Å². The van der Waals surface area contributed by atoms with E-state index in [0.29, 0.717) is 18.2 Å². The van der Waals surface area contributed by atoms with Crippen molar-refractivity contribution in [2.24, 2.45) is 0 Å². The van der Waals surface area contributed by atoms with Gasteiger partial charge in [0.15, 0.2) is 0 Å². The number of nitrogens with zero attached hydrogens (tertiary/aromatic N) is 4. The summed E-state index contributed by atoms with van der Waals surface area (Å²) < 4.78 is 0. The Morgan fingerprint density at radius 1 is 1.04 bits per heavy atom. The minimum absolute atomic E-state index is 0.151. The van der Waals surface area contributed by atoms with Gasteiger partial charge in [-0.1, -0.05) is 12.1 Å². The van der Waals surface area contributed by atoms with Crippen LogP contribution in [0.15, 0.2) is 60.8 Å². The number of carbonyl (C=O) groups is 1. The summed E-state index contributed by atoms with van der Waals surface area (Å²) in [5.41, 5.74) is 4.29. The monoisotopic (exact) mass is 375 g/mol. The summed E-state index contributed by atoms with van der Waals surface area (Å²) in [6.45, 7) is 4.52. The van der Waals surface area contributed by atoms with Crippen LogP contribution in [0.2, 0.25) is 0 Å². The van der Waals surface area contributed by atoms with E-state index in [1.165, 1.54) is 0 Å². The fourth-order valence-electron chi connectivity index (χ4n) is 2.89. The normalized spacial score (nSPS) is 10.4. The molecule has 28 heavy (non-hydrogen) atoms. The van der Waals surface area contributed by atoms with E-state index >= 15 is 0 Å². The van der Waals surface area contributed by atoms with E-state index in [4.69, 9.17) is 0 Å². The van der Waals surface area contributed by atoms with Gasteiger partial charge in [-0.25, -0.2) is 9.97 Å². The van der Waals surface area contributed by atoms with E-state index in [2.05, 4.69) is 15.3 Å². The second kappa shape index (κ2) is 8.52. The Morgan fingerprint density at radius 3 is 2.43 bits per heavy atom. The van der Waals surface area contributed by atoms with Gasteiger partial charge in [-0.3, -0.25) is 4.79 Å². The van der Waals surface area contributed by atoms with Crippen molar-refractivity contribution in [2.45, 2.75) is 13.8 Å². The molecule has 6 heteroatoms. The minimum atomic E-state index is -0.151. The van der Waals surface area contributed by atoms with Gasteiger partial charge < -0.3 is 15.1 Å². The molecule has 3 rings (SSSR count). The smallest absolute Gasteiger partial charge is 0.277 e. The molecule has 0 saturated carbocycles. The molecule has 0 aliphatic rings. The van der Waals surface area contributed by atoms with E-state index in [-0.39, 0.29) is 5.91 Å². The van der Waals surface area contributed by atoms with Gasteiger partial charge in [-0.05, 0) is 61.9 Å². The first-order valence-corrected chi connectivity index (χ1v) is 9.24. The van der Waals surface area contributed by atoms with Crippen molar-refractivity contribution >= 4 is 28.9 Å². The Bertz CT molecular complexity index is 953. The Morgan fingerprint density at radius 2 is 1.79 bits per heavy atom. The molecule has 1 aromatic heterocycles. The Hall–Kier alpha value is -3.41. The second-order valence-corrected chi connectivity index (χ2v) is 6.72. The molecule has 0 spiro atoms. The van der Waals surface area contributed by atoms with E-state index in [9.17, 15) is 4.79 Å². The molecule has 1 N–H and O–H groups in total. The average molecular weight is 375 g/mol. The SMILES string of the molecule is CCN(C(=O)c1ccnc(Nc2ccc(N(C)C)cc2)n1)c1cccc(C)c1. The lowest BCUT2D eigenvalue weighted by Crippen LogP contribution is -2.31. The molecule has 2 aromatic carbocycles. The molecule has 6 nitrogen and oxygen atoms in total. The van der Waals surface area contributed by atoms with Crippen molar-refractivity contribution in [3.05, 3.63) is 72.1 Å². The number of amides is 1. The Labute approximate surface area is 165 Å². The third-order valence-electron chi connectivity index (χ3n) is 4.39. The predicted molar refractivity (Wildman–Crippen MR) is 115 cm³/mol. The number of carbonyl (C=O) groups excluding carboxylic acids is 1. The van der Waals surface area contributed by atoms with Crippen LogP contribution in [0.4, 0.5) is 23.0 Å². The number of hydrogen-bond donors (Lipinski definition) is 1. The molecule has 144 valence electrons. The number of hydrogen-bond acceptors (Lipinski definition) is 5. The number of anilines is 4. The van der Waals surface area contributed by atoms with E-state index in [1.54, 1.807) is 17.2 Å². The van der Waals surface area contributed by atoms with Crippen LogP contribution >= 0.6 is 0 Å². The molecule has 0 atom stereocenters. The largest absolute Gasteiger partial charge is 0.378 e. The van der Waals surface area contributed by atoms with Crippen LogP contribution in [0.25, 0.3) is 0 Å². The van der Waals surface area contributed by atoms with E-state index in [0.717, 1.165) is 22.6 Å². The highest BCUT2D eigenvalue weighted by Crippen LogP contribution is 2.20. The van der Waals surface area contributed by atoms with Crippen LogP contribution in [0.5, 0.6) is 0 Å². The Balaban J connectivity index is 1.80. The summed E-state index contributed by atoms with van der Waals surface area (Å²) in [5.74, 6) is 0.241. The molecule has 0 aliphatic carbocycles. The van der Waals surface area contributed by atoms with Gasteiger partial charge >= 0.3 is 0 Å². The van der Waals surface area contributed by atoms with Gasteiger partial charge in [0, 0.05) is 43.9 Å². The maximum absolute atomic E-state index is 13.0. The topological polar surface area (TPSA) is 61.4 Å². The fraction of sp³-hybridized carbons (Fsp3) is 0.227. The van der Waals surface area contributed by atoms with Crippen LogP contribution in [0.3, 0.4) is 0 Å². The number of rotatable bonds is 6. The summed E-state index contributed by atoms with van der Waals surface area (Å²) in [7, 11) is 3.99. The molecule has 0 aliphatic heterocycles. The van der Waals surface area contributed by atoms with Crippen molar-refractivity contribution in [3.63, 3.8) is 0 Å².